The summed E-state index contributed by atoms with van der Waals surface area (Å²) in [5.74, 6) is -0.346. The van der Waals surface area contributed by atoms with Gasteiger partial charge >= 0.3 is 0 Å². The van der Waals surface area contributed by atoms with Crippen LogP contribution in [0, 0.1) is 11.8 Å². The molecule has 0 bridgehead atoms. The molecular formula is C23H27N5O3S. The SMILES string of the molecule is CSc1ccc(N2CC(C(=O)Nc3ccc(N4CCCC(C(N)=O)C4)nc3)CC2=O)cc1. The minimum atomic E-state index is -0.416. The predicted molar refractivity (Wildman–Crippen MR) is 126 cm³/mol. The van der Waals surface area contributed by atoms with E-state index in [0.29, 0.717) is 18.8 Å². The first-order chi connectivity index (χ1) is 15.4. The second-order valence-electron chi connectivity index (χ2n) is 8.19. The van der Waals surface area contributed by atoms with Gasteiger partial charge in [0, 0.05) is 36.6 Å². The van der Waals surface area contributed by atoms with Gasteiger partial charge in [0.2, 0.25) is 17.7 Å². The highest BCUT2D eigenvalue weighted by Crippen LogP contribution is 2.28. The molecule has 2 fully saturated rings. The molecule has 2 aliphatic heterocycles. The van der Waals surface area contributed by atoms with Crippen LogP contribution < -0.4 is 20.9 Å². The van der Waals surface area contributed by atoms with Crippen LogP contribution in [0.15, 0.2) is 47.5 Å². The molecule has 3 amide bonds. The van der Waals surface area contributed by atoms with Crippen molar-refractivity contribution in [1.29, 1.82) is 0 Å². The van der Waals surface area contributed by atoms with Crippen LogP contribution in [0.4, 0.5) is 17.2 Å². The number of pyridine rings is 1. The lowest BCUT2D eigenvalue weighted by Crippen LogP contribution is -2.41. The maximum absolute atomic E-state index is 12.8. The number of thioether (sulfide) groups is 1. The number of nitrogens with one attached hydrogen (secondary N) is 1. The summed E-state index contributed by atoms with van der Waals surface area (Å²) in [4.78, 5) is 46.0. The smallest absolute Gasteiger partial charge is 0.229 e. The molecule has 168 valence electrons. The first-order valence-electron chi connectivity index (χ1n) is 10.7. The molecule has 2 aliphatic rings. The van der Waals surface area contributed by atoms with Crippen LogP contribution >= 0.6 is 11.8 Å². The van der Waals surface area contributed by atoms with E-state index in [1.807, 2.05) is 41.5 Å². The van der Waals surface area contributed by atoms with Crippen molar-refractivity contribution in [2.75, 3.05) is 41.0 Å². The first kappa shape index (κ1) is 22.1. The summed E-state index contributed by atoms with van der Waals surface area (Å²) in [6.45, 7) is 1.74. The number of piperidine rings is 1. The lowest BCUT2D eigenvalue weighted by Gasteiger charge is -2.32. The molecule has 0 radical (unpaired) electrons. The summed E-state index contributed by atoms with van der Waals surface area (Å²) in [5, 5.41) is 2.88. The zero-order chi connectivity index (χ0) is 22.7. The van der Waals surface area contributed by atoms with Crippen LogP contribution in [0.1, 0.15) is 19.3 Å². The summed E-state index contributed by atoms with van der Waals surface area (Å²) in [6, 6.07) is 11.4. The van der Waals surface area contributed by atoms with Gasteiger partial charge in [-0.2, -0.15) is 0 Å². The third kappa shape index (κ3) is 4.88. The molecule has 1 aromatic carbocycles. The number of hydrogen-bond donors (Lipinski definition) is 2. The number of benzene rings is 1. The maximum atomic E-state index is 12.8. The first-order valence-corrected chi connectivity index (χ1v) is 11.9. The van der Waals surface area contributed by atoms with E-state index in [1.54, 1.807) is 28.9 Å². The number of amides is 3. The summed E-state index contributed by atoms with van der Waals surface area (Å²) in [6.07, 6.45) is 5.49. The van der Waals surface area contributed by atoms with E-state index in [9.17, 15) is 14.4 Å². The fraction of sp³-hybridized carbons (Fsp3) is 0.391. The Kier molecular flexibility index (Phi) is 6.64. The van der Waals surface area contributed by atoms with Gasteiger partial charge in [0.05, 0.1) is 23.7 Å². The Morgan fingerprint density at radius 3 is 2.56 bits per heavy atom. The molecule has 2 unspecified atom stereocenters. The molecule has 0 saturated carbocycles. The molecule has 2 saturated heterocycles. The Balaban J connectivity index is 1.35. The normalized spacial score (nSPS) is 21.0. The van der Waals surface area contributed by atoms with Crippen molar-refractivity contribution >= 4 is 46.7 Å². The lowest BCUT2D eigenvalue weighted by molar-refractivity contribution is -0.122. The molecule has 2 aromatic rings. The molecule has 0 spiro atoms. The predicted octanol–water partition coefficient (Wildman–Crippen LogP) is 2.50. The Labute approximate surface area is 191 Å². The fourth-order valence-electron chi connectivity index (χ4n) is 4.20. The van der Waals surface area contributed by atoms with E-state index < -0.39 is 5.92 Å². The highest BCUT2D eigenvalue weighted by Gasteiger charge is 2.35. The zero-order valence-corrected chi connectivity index (χ0v) is 18.8. The Morgan fingerprint density at radius 1 is 1.12 bits per heavy atom. The average Bonchev–Trinajstić information content (AvgIpc) is 3.21. The quantitative estimate of drug-likeness (QED) is 0.651. The van der Waals surface area contributed by atoms with Crippen LogP contribution in [0.5, 0.6) is 0 Å². The standard InChI is InChI=1S/C23H27N5O3S/c1-32-19-7-5-18(6-8-19)28-14-16(11-21(28)29)23(31)26-17-4-9-20(25-12-17)27-10-2-3-15(13-27)22(24)30/h4-9,12,15-16H,2-3,10-11,13-14H2,1H3,(H2,24,30)(H,26,31). The lowest BCUT2D eigenvalue weighted by atomic mass is 9.97. The summed E-state index contributed by atoms with van der Waals surface area (Å²) >= 11 is 1.64. The Morgan fingerprint density at radius 2 is 1.91 bits per heavy atom. The highest BCUT2D eigenvalue weighted by atomic mass is 32.2. The van der Waals surface area contributed by atoms with Crippen LogP contribution in [0.25, 0.3) is 0 Å². The summed E-state index contributed by atoms with van der Waals surface area (Å²) in [5.41, 5.74) is 6.85. The number of rotatable bonds is 6. The molecule has 1 aromatic heterocycles. The fourth-order valence-corrected chi connectivity index (χ4v) is 4.61. The molecule has 2 atom stereocenters. The molecular weight excluding hydrogens is 426 g/mol. The third-order valence-corrected chi connectivity index (χ3v) is 6.79. The molecule has 8 nitrogen and oxygen atoms in total. The number of hydrogen-bond acceptors (Lipinski definition) is 6. The number of aromatic nitrogens is 1. The molecule has 4 rings (SSSR count). The van der Waals surface area contributed by atoms with Crippen LogP contribution in [-0.2, 0) is 14.4 Å². The van der Waals surface area contributed by atoms with Crippen LogP contribution in [0.2, 0.25) is 0 Å². The van der Waals surface area contributed by atoms with E-state index in [-0.39, 0.29) is 30.1 Å². The van der Waals surface area contributed by atoms with Crippen LogP contribution in [-0.4, -0.2) is 48.6 Å². The van der Waals surface area contributed by atoms with Crippen molar-refractivity contribution in [3.63, 3.8) is 0 Å². The van der Waals surface area contributed by atoms with Gasteiger partial charge in [-0.1, -0.05) is 0 Å². The largest absolute Gasteiger partial charge is 0.369 e. The van der Waals surface area contributed by atoms with Gasteiger partial charge in [-0.05, 0) is 55.5 Å². The number of anilines is 3. The zero-order valence-electron chi connectivity index (χ0n) is 18.0. The van der Waals surface area contributed by atoms with E-state index >= 15 is 0 Å². The second-order valence-corrected chi connectivity index (χ2v) is 9.06. The minimum Gasteiger partial charge on any atom is -0.369 e. The van der Waals surface area contributed by atoms with Crippen molar-refractivity contribution < 1.29 is 14.4 Å². The highest BCUT2D eigenvalue weighted by molar-refractivity contribution is 7.98. The monoisotopic (exact) mass is 453 g/mol. The van der Waals surface area contributed by atoms with Gasteiger partial charge in [-0.3, -0.25) is 14.4 Å². The Hall–Kier alpha value is -3.07. The van der Waals surface area contributed by atoms with Gasteiger partial charge in [-0.15, -0.1) is 11.8 Å². The van der Waals surface area contributed by atoms with Gasteiger partial charge in [0.1, 0.15) is 5.82 Å². The van der Waals surface area contributed by atoms with Gasteiger partial charge in [0.15, 0.2) is 0 Å². The van der Waals surface area contributed by atoms with Gasteiger partial charge < -0.3 is 20.9 Å². The topological polar surface area (TPSA) is 109 Å². The number of nitrogens with zero attached hydrogens (tertiary/aromatic N) is 3. The number of nitrogens with two attached hydrogens (primary N) is 1. The summed E-state index contributed by atoms with van der Waals surface area (Å²) in [7, 11) is 0. The van der Waals surface area contributed by atoms with Gasteiger partial charge in [-0.25, -0.2) is 4.98 Å². The van der Waals surface area contributed by atoms with E-state index in [0.717, 1.165) is 35.8 Å². The Bertz CT molecular complexity index is 996. The van der Waals surface area contributed by atoms with Crippen molar-refractivity contribution in [3.8, 4) is 0 Å². The molecule has 0 aliphatic carbocycles. The molecule has 9 heteroatoms. The van der Waals surface area contributed by atoms with E-state index in [1.165, 1.54) is 0 Å². The van der Waals surface area contributed by atoms with E-state index in [2.05, 4.69) is 10.3 Å². The maximum Gasteiger partial charge on any atom is 0.229 e. The summed E-state index contributed by atoms with van der Waals surface area (Å²) < 4.78 is 0. The second kappa shape index (κ2) is 9.60. The van der Waals surface area contributed by atoms with Crippen LogP contribution in [0.3, 0.4) is 0 Å². The third-order valence-electron chi connectivity index (χ3n) is 6.04. The number of carbonyl (C=O) groups is 3. The van der Waals surface area contributed by atoms with Gasteiger partial charge in [0.25, 0.3) is 0 Å². The van der Waals surface area contributed by atoms with E-state index in [4.69, 9.17) is 5.73 Å². The minimum absolute atomic E-state index is 0.0513. The van der Waals surface area contributed by atoms with Crippen molar-refractivity contribution in [2.24, 2.45) is 17.6 Å². The molecule has 3 heterocycles. The number of primary amides is 1. The average molecular weight is 454 g/mol. The molecule has 32 heavy (non-hydrogen) atoms. The van der Waals surface area contributed by atoms with Crippen molar-refractivity contribution in [1.82, 2.24) is 4.98 Å². The molecule has 3 N–H and O–H groups in total. The number of carbonyl (C=O) groups excluding carboxylic acids is 3. The van der Waals surface area contributed by atoms with Crippen molar-refractivity contribution in [3.05, 3.63) is 42.6 Å². The van der Waals surface area contributed by atoms with Crippen molar-refractivity contribution in [2.45, 2.75) is 24.2 Å².